The lowest BCUT2D eigenvalue weighted by Crippen LogP contribution is -2.32. The van der Waals surface area contributed by atoms with Gasteiger partial charge < -0.3 is 10.2 Å². The van der Waals surface area contributed by atoms with E-state index in [-0.39, 0.29) is 25.2 Å². The van der Waals surface area contributed by atoms with Gasteiger partial charge in [0.05, 0.1) is 6.42 Å². The fourth-order valence-electron chi connectivity index (χ4n) is 1.45. The molecule has 0 spiro atoms. The number of imide groups is 1. The highest BCUT2D eigenvalue weighted by atomic mass is 32.2. The van der Waals surface area contributed by atoms with Crippen LogP contribution in [-0.2, 0) is 24.0 Å². The Morgan fingerprint density at radius 3 is 2.50 bits per heavy atom. The van der Waals surface area contributed by atoms with Gasteiger partial charge in [-0.25, -0.2) is 4.79 Å². The molecular formula is C12H18N2O5S. The number of hydrogen-bond acceptors (Lipinski definition) is 6. The SMILES string of the molecule is CCC(=O)NCCSCCC(=O)ON1C(=O)CCC1=O. The van der Waals surface area contributed by atoms with E-state index < -0.39 is 17.8 Å². The molecule has 0 atom stereocenters. The van der Waals surface area contributed by atoms with E-state index in [1.54, 1.807) is 6.92 Å². The number of thioether (sulfide) groups is 1. The molecule has 1 rings (SSSR count). The Morgan fingerprint density at radius 2 is 1.90 bits per heavy atom. The Bertz CT molecular complexity index is 383. The van der Waals surface area contributed by atoms with Crippen LogP contribution in [0.2, 0.25) is 0 Å². The summed E-state index contributed by atoms with van der Waals surface area (Å²) in [6.45, 7) is 2.33. The van der Waals surface area contributed by atoms with Crippen LogP contribution in [-0.4, -0.2) is 46.8 Å². The number of nitrogens with one attached hydrogen (secondary N) is 1. The van der Waals surface area contributed by atoms with E-state index in [1.165, 1.54) is 11.8 Å². The molecule has 112 valence electrons. The molecule has 0 bridgehead atoms. The van der Waals surface area contributed by atoms with Gasteiger partial charge in [-0.05, 0) is 0 Å². The Kier molecular flexibility index (Phi) is 7.06. The molecule has 1 fully saturated rings. The summed E-state index contributed by atoms with van der Waals surface area (Å²) in [6, 6.07) is 0. The number of rotatable bonds is 8. The summed E-state index contributed by atoms with van der Waals surface area (Å²) in [6.07, 6.45) is 0.758. The van der Waals surface area contributed by atoms with Gasteiger partial charge in [-0.1, -0.05) is 6.92 Å². The lowest BCUT2D eigenvalue weighted by Gasteiger charge is -2.12. The van der Waals surface area contributed by atoms with Gasteiger partial charge >= 0.3 is 5.97 Å². The highest BCUT2D eigenvalue weighted by Gasteiger charge is 2.32. The second kappa shape index (κ2) is 8.57. The van der Waals surface area contributed by atoms with Gasteiger partial charge in [-0.2, -0.15) is 11.8 Å². The number of carbonyl (C=O) groups excluding carboxylic acids is 4. The number of carbonyl (C=O) groups is 4. The third-order valence-electron chi connectivity index (χ3n) is 2.54. The molecule has 20 heavy (non-hydrogen) atoms. The maximum atomic E-state index is 11.4. The highest BCUT2D eigenvalue weighted by molar-refractivity contribution is 7.99. The molecule has 7 nitrogen and oxygen atoms in total. The monoisotopic (exact) mass is 302 g/mol. The van der Waals surface area contributed by atoms with E-state index in [0.29, 0.717) is 29.5 Å². The van der Waals surface area contributed by atoms with Crippen LogP contribution in [0.25, 0.3) is 0 Å². The molecule has 1 saturated heterocycles. The Morgan fingerprint density at radius 1 is 1.25 bits per heavy atom. The third kappa shape index (κ3) is 5.60. The lowest BCUT2D eigenvalue weighted by atomic mass is 10.4. The molecule has 8 heteroatoms. The summed E-state index contributed by atoms with van der Waals surface area (Å²) in [5, 5.41) is 3.27. The predicted molar refractivity (Wildman–Crippen MR) is 72.4 cm³/mol. The average Bonchev–Trinajstić information content (AvgIpc) is 2.74. The summed E-state index contributed by atoms with van der Waals surface area (Å²) in [5.74, 6) is -0.344. The zero-order valence-corrected chi connectivity index (χ0v) is 12.2. The van der Waals surface area contributed by atoms with Crippen molar-refractivity contribution in [1.82, 2.24) is 10.4 Å². The van der Waals surface area contributed by atoms with Crippen molar-refractivity contribution in [3.05, 3.63) is 0 Å². The van der Waals surface area contributed by atoms with E-state index in [9.17, 15) is 19.2 Å². The summed E-state index contributed by atoms with van der Waals surface area (Å²) in [4.78, 5) is 49.5. The molecule has 0 aromatic rings. The maximum absolute atomic E-state index is 11.4. The Hall–Kier alpha value is -1.57. The predicted octanol–water partition coefficient (Wildman–Crippen LogP) is 0.243. The molecule has 3 amide bonds. The van der Waals surface area contributed by atoms with E-state index in [2.05, 4.69) is 5.32 Å². The van der Waals surface area contributed by atoms with Gasteiger partial charge in [0, 0.05) is 37.3 Å². The second-order valence-corrected chi connectivity index (χ2v) is 5.34. The van der Waals surface area contributed by atoms with Gasteiger partial charge in [0.2, 0.25) is 5.91 Å². The first-order chi connectivity index (χ1) is 9.54. The van der Waals surface area contributed by atoms with Crippen LogP contribution in [0.1, 0.15) is 32.6 Å². The quantitative estimate of drug-likeness (QED) is 0.510. The molecule has 0 aliphatic carbocycles. The number of nitrogens with zero attached hydrogens (tertiary/aromatic N) is 1. The van der Waals surface area contributed by atoms with E-state index in [0.717, 1.165) is 0 Å². The molecule has 0 aromatic carbocycles. The molecule has 0 saturated carbocycles. The fraction of sp³-hybridized carbons (Fsp3) is 0.667. The molecular weight excluding hydrogens is 284 g/mol. The first kappa shape index (κ1) is 16.5. The summed E-state index contributed by atoms with van der Waals surface area (Å²) in [5.41, 5.74) is 0. The number of amides is 3. The van der Waals surface area contributed by atoms with Crippen LogP contribution in [0.3, 0.4) is 0 Å². The van der Waals surface area contributed by atoms with Crippen LogP contribution < -0.4 is 5.32 Å². The Balaban J connectivity index is 2.07. The topological polar surface area (TPSA) is 92.8 Å². The van der Waals surface area contributed by atoms with Gasteiger partial charge in [0.25, 0.3) is 11.8 Å². The zero-order chi connectivity index (χ0) is 15.0. The lowest BCUT2D eigenvalue weighted by molar-refractivity contribution is -0.197. The van der Waals surface area contributed by atoms with Crippen molar-refractivity contribution in [3.8, 4) is 0 Å². The molecule has 1 heterocycles. The van der Waals surface area contributed by atoms with Crippen LogP contribution >= 0.6 is 11.8 Å². The summed E-state index contributed by atoms with van der Waals surface area (Å²) in [7, 11) is 0. The van der Waals surface area contributed by atoms with Crippen LogP contribution in [0, 0.1) is 0 Å². The van der Waals surface area contributed by atoms with Crippen molar-refractivity contribution >= 4 is 35.5 Å². The van der Waals surface area contributed by atoms with Gasteiger partial charge in [-0.15, -0.1) is 5.06 Å². The molecule has 0 unspecified atom stereocenters. The highest BCUT2D eigenvalue weighted by Crippen LogP contribution is 2.13. The van der Waals surface area contributed by atoms with Crippen LogP contribution in [0.4, 0.5) is 0 Å². The number of hydroxylamine groups is 2. The van der Waals surface area contributed by atoms with Gasteiger partial charge in [0.15, 0.2) is 0 Å². The number of hydrogen-bond donors (Lipinski definition) is 1. The van der Waals surface area contributed by atoms with Crippen molar-refractivity contribution in [2.45, 2.75) is 32.6 Å². The first-order valence-electron chi connectivity index (χ1n) is 6.45. The van der Waals surface area contributed by atoms with Crippen LogP contribution in [0.5, 0.6) is 0 Å². The fourth-order valence-corrected chi connectivity index (χ4v) is 2.21. The van der Waals surface area contributed by atoms with Gasteiger partial charge in [-0.3, -0.25) is 14.4 Å². The third-order valence-corrected chi connectivity index (χ3v) is 3.52. The molecule has 0 radical (unpaired) electrons. The Labute approximate surface area is 121 Å². The molecule has 1 aliphatic rings. The van der Waals surface area contributed by atoms with E-state index in [1.807, 2.05) is 0 Å². The van der Waals surface area contributed by atoms with Crippen molar-refractivity contribution in [1.29, 1.82) is 0 Å². The zero-order valence-electron chi connectivity index (χ0n) is 11.3. The standard InChI is InChI=1S/C12H18N2O5S/c1-2-9(15)13-6-8-20-7-5-12(18)19-14-10(16)3-4-11(14)17/h2-8H2,1H3,(H,13,15). The maximum Gasteiger partial charge on any atom is 0.334 e. The van der Waals surface area contributed by atoms with Crippen molar-refractivity contribution in [2.75, 3.05) is 18.1 Å². The van der Waals surface area contributed by atoms with Crippen molar-refractivity contribution in [3.63, 3.8) is 0 Å². The summed E-state index contributed by atoms with van der Waals surface area (Å²) < 4.78 is 0. The van der Waals surface area contributed by atoms with Crippen LogP contribution in [0.15, 0.2) is 0 Å². The smallest absolute Gasteiger partial charge is 0.334 e. The minimum Gasteiger partial charge on any atom is -0.355 e. The normalized spacial score (nSPS) is 14.6. The van der Waals surface area contributed by atoms with E-state index in [4.69, 9.17) is 4.84 Å². The molecule has 1 N–H and O–H groups in total. The first-order valence-corrected chi connectivity index (χ1v) is 7.61. The molecule has 0 aromatic heterocycles. The average molecular weight is 302 g/mol. The van der Waals surface area contributed by atoms with E-state index >= 15 is 0 Å². The van der Waals surface area contributed by atoms with Gasteiger partial charge in [0.1, 0.15) is 0 Å². The van der Waals surface area contributed by atoms with Crippen molar-refractivity contribution < 1.29 is 24.0 Å². The minimum absolute atomic E-state index is 0.00364. The largest absolute Gasteiger partial charge is 0.355 e. The van der Waals surface area contributed by atoms with Crippen molar-refractivity contribution in [2.24, 2.45) is 0 Å². The molecule has 1 aliphatic heterocycles. The minimum atomic E-state index is -0.598. The second-order valence-electron chi connectivity index (χ2n) is 4.11. The summed E-state index contributed by atoms with van der Waals surface area (Å²) >= 11 is 1.49.